The maximum atomic E-state index is 11.8. The molecule has 1 aromatic carbocycles. The number of carbonyl (C=O) groups excluding carboxylic acids is 1. The molecule has 0 aliphatic heterocycles. The summed E-state index contributed by atoms with van der Waals surface area (Å²) in [5.41, 5.74) is 3.54. The Morgan fingerprint density at radius 1 is 1.14 bits per heavy atom. The lowest BCUT2D eigenvalue weighted by molar-refractivity contribution is -0.140. The van der Waals surface area contributed by atoms with Crippen LogP contribution < -0.4 is 5.19 Å². The molecular formula is C17H26O2Si2. The third kappa shape index (κ3) is 5.52. The minimum Gasteiger partial charge on any atom is -0.469 e. The van der Waals surface area contributed by atoms with Gasteiger partial charge in [-0.3, -0.25) is 4.79 Å². The molecule has 0 bridgehead atoms. The number of methoxy groups -OCH3 is 1. The molecule has 1 unspecified atom stereocenters. The first-order chi connectivity index (χ1) is 9.66. The lowest BCUT2D eigenvalue weighted by Crippen LogP contribution is -2.46. The number of ether oxygens (including phenoxy) is 1. The summed E-state index contributed by atoms with van der Waals surface area (Å²) in [6.45, 7) is 11.3. The van der Waals surface area contributed by atoms with Crippen LogP contribution in [0.1, 0.15) is 6.42 Å². The Balaban J connectivity index is 3.15. The van der Waals surface area contributed by atoms with Crippen molar-refractivity contribution >= 4 is 27.3 Å². The van der Waals surface area contributed by atoms with Crippen LogP contribution >= 0.6 is 0 Å². The van der Waals surface area contributed by atoms with E-state index in [0.29, 0.717) is 6.42 Å². The zero-order valence-electron chi connectivity index (χ0n) is 14.0. The lowest BCUT2D eigenvalue weighted by atomic mass is 10.3. The van der Waals surface area contributed by atoms with Crippen molar-refractivity contribution in [3.05, 3.63) is 30.3 Å². The molecule has 0 amide bonds. The van der Waals surface area contributed by atoms with Crippen molar-refractivity contribution in [2.45, 2.75) is 44.7 Å². The molecule has 0 radical (unpaired) electrons. The van der Waals surface area contributed by atoms with Gasteiger partial charge in [0.25, 0.3) is 0 Å². The highest BCUT2D eigenvalue weighted by atomic mass is 28.3. The Morgan fingerprint density at radius 3 is 2.19 bits per heavy atom. The Kier molecular flexibility index (Phi) is 6.00. The molecule has 21 heavy (non-hydrogen) atoms. The molecule has 0 spiro atoms. The number of hydrogen-bond donors (Lipinski definition) is 0. The molecule has 4 heteroatoms. The van der Waals surface area contributed by atoms with E-state index in [9.17, 15) is 4.79 Å². The molecule has 0 saturated heterocycles. The largest absolute Gasteiger partial charge is 0.469 e. The molecule has 0 aliphatic carbocycles. The molecule has 1 rings (SSSR count). The second kappa shape index (κ2) is 7.10. The van der Waals surface area contributed by atoms with Crippen molar-refractivity contribution in [1.29, 1.82) is 0 Å². The van der Waals surface area contributed by atoms with Crippen LogP contribution in [-0.2, 0) is 9.53 Å². The first kappa shape index (κ1) is 17.7. The predicted molar refractivity (Wildman–Crippen MR) is 95.1 cm³/mol. The highest BCUT2D eigenvalue weighted by Gasteiger charge is 2.34. The van der Waals surface area contributed by atoms with Crippen molar-refractivity contribution in [3.63, 3.8) is 0 Å². The summed E-state index contributed by atoms with van der Waals surface area (Å²) in [6.07, 6.45) is 0.391. The quantitative estimate of drug-likeness (QED) is 0.483. The van der Waals surface area contributed by atoms with Gasteiger partial charge in [-0.2, -0.15) is 0 Å². The predicted octanol–water partition coefficient (Wildman–Crippen LogP) is 3.42. The first-order valence-electron chi connectivity index (χ1n) is 7.32. The van der Waals surface area contributed by atoms with Crippen molar-refractivity contribution < 1.29 is 9.53 Å². The highest BCUT2D eigenvalue weighted by Crippen LogP contribution is 2.25. The summed E-state index contributed by atoms with van der Waals surface area (Å²) in [6, 6.07) is 10.5. The second-order valence-corrected chi connectivity index (χ2v) is 16.4. The van der Waals surface area contributed by atoms with Gasteiger partial charge in [-0.1, -0.05) is 68.3 Å². The van der Waals surface area contributed by atoms with E-state index >= 15 is 0 Å². The summed E-state index contributed by atoms with van der Waals surface area (Å²) in [4.78, 5) is 11.8. The molecule has 1 aromatic rings. The van der Waals surface area contributed by atoms with Crippen LogP contribution in [0.15, 0.2) is 30.3 Å². The van der Waals surface area contributed by atoms with Gasteiger partial charge in [0, 0.05) is 5.54 Å². The highest BCUT2D eigenvalue weighted by molar-refractivity contribution is 6.92. The van der Waals surface area contributed by atoms with Gasteiger partial charge < -0.3 is 4.74 Å². The maximum Gasteiger partial charge on any atom is 0.306 e. The SMILES string of the molecule is COC(=O)CC(C#C[Si](C)(C)C)[Si](C)(C)c1ccccc1. The number of hydrogen-bond acceptors (Lipinski definition) is 2. The normalized spacial score (nSPS) is 13.0. The molecule has 0 aliphatic rings. The Bertz CT molecular complexity index is 533. The van der Waals surface area contributed by atoms with Crippen LogP contribution in [0.5, 0.6) is 0 Å². The fourth-order valence-corrected chi connectivity index (χ4v) is 5.42. The van der Waals surface area contributed by atoms with Crippen LogP contribution in [0.4, 0.5) is 0 Å². The van der Waals surface area contributed by atoms with E-state index in [1.165, 1.54) is 12.3 Å². The monoisotopic (exact) mass is 318 g/mol. The number of rotatable bonds is 4. The molecule has 2 nitrogen and oxygen atoms in total. The lowest BCUT2D eigenvalue weighted by Gasteiger charge is -2.29. The van der Waals surface area contributed by atoms with Crippen molar-refractivity contribution in [3.8, 4) is 11.5 Å². The Labute approximate surface area is 130 Å². The summed E-state index contributed by atoms with van der Waals surface area (Å²) >= 11 is 0. The second-order valence-electron chi connectivity index (χ2n) is 6.94. The van der Waals surface area contributed by atoms with E-state index in [0.717, 1.165) is 0 Å². The fraction of sp³-hybridized carbons (Fsp3) is 0.471. The number of benzene rings is 1. The first-order valence-corrected chi connectivity index (χ1v) is 13.9. The third-order valence-corrected chi connectivity index (χ3v) is 8.42. The molecule has 0 fully saturated rings. The zero-order valence-corrected chi connectivity index (χ0v) is 16.0. The Morgan fingerprint density at radius 2 is 1.71 bits per heavy atom. The third-order valence-electron chi connectivity index (χ3n) is 3.61. The molecule has 114 valence electrons. The van der Waals surface area contributed by atoms with Gasteiger partial charge in [0.15, 0.2) is 0 Å². The maximum absolute atomic E-state index is 11.8. The van der Waals surface area contributed by atoms with Crippen molar-refractivity contribution in [2.24, 2.45) is 0 Å². The van der Waals surface area contributed by atoms with E-state index in [1.54, 1.807) is 0 Å². The Hall–Kier alpha value is -1.32. The summed E-state index contributed by atoms with van der Waals surface area (Å²) < 4.78 is 4.87. The molecule has 1 atom stereocenters. The van der Waals surface area contributed by atoms with Gasteiger partial charge in [-0.15, -0.1) is 11.5 Å². The van der Waals surface area contributed by atoms with Gasteiger partial charge >= 0.3 is 5.97 Å². The van der Waals surface area contributed by atoms with E-state index in [1.807, 2.05) is 6.07 Å². The zero-order chi connectivity index (χ0) is 16.1. The molecule has 0 N–H and O–H groups in total. The minimum atomic E-state index is -1.84. The van der Waals surface area contributed by atoms with Gasteiger partial charge in [0.2, 0.25) is 0 Å². The molecular weight excluding hydrogens is 292 g/mol. The van der Waals surface area contributed by atoms with E-state index < -0.39 is 16.1 Å². The molecule has 0 heterocycles. The van der Waals surface area contributed by atoms with Crippen LogP contribution in [0.25, 0.3) is 0 Å². The minimum absolute atomic E-state index is 0.0964. The summed E-state index contributed by atoms with van der Waals surface area (Å²) in [5, 5.41) is 1.34. The van der Waals surface area contributed by atoms with Crippen LogP contribution in [0.2, 0.25) is 38.3 Å². The van der Waals surface area contributed by atoms with Crippen LogP contribution in [0.3, 0.4) is 0 Å². The average molecular weight is 319 g/mol. The summed E-state index contributed by atoms with van der Waals surface area (Å²) in [5.74, 6) is 3.27. The topological polar surface area (TPSA) is 26.3 Å². The van der Waals surface area contributed by atoms with Gasteiger partial charge in [0.1, 0.15) is 8.07 Å². The van der Waals surface area contributed by atoms with Crippen LogP contribution in [0, 0.1) is 11.5 Å². The van der Waals surface area contributed by atoms with Crippen molar-refractivity contribution in [1.82, 2.24) is 0 Å². The average Bonchev–Trinajstić information content (AvgIpc) is 2.42. The van der Waals surface area contributed by atoms with E-state index in [4.69, 9.17) is 4.74 Å². The number of carbonyl (C=O) groups is 1. The van der Waals surface area contributed by atoms with Gasteiger partial charge in [-0.25, -0.2) is 0 Å². The van der Waals surface area contributed by atoms with Crippen molar-refractivity contribution in [2.75, 3.05) is 7.11 Å². The fourth-order valence-electron chi connectivity index (χ4n) is 2.11. The van der Waals surface area contributed by atoms with Crippen LogP contribution in [-0.4, -0.2) is 29.2 Å². The van der Waals surface area contributed by atoms with E-state index in [-0.39, 0.29) is 11.5 Å². The smallest absolute Gasteiger partial charge is 0.306 e. The van der Waals surface area contributed by atoms with Gasteiger partial charge in [0.05, 0.1) is 21.6 Å². The van der Waals surface area contributed by atoms with Gasteiger partial charge in [-0.05, 0) is 0 Å². The standard InChI is InChI=1S/C17H26O2Si2/c1-19-17(18)14-16(12-13-20(2,3)4)21(5,6)15-10-8-7-9-11-15/h7-11,16H,14H2,1-6H3. The summed E-state index contributed by atoms with van der Waals surface area (Å²) in [7, 11) is -1.85. The van der Waals surface area contributed by atoms with E-state index in [2.05, 4.69) is 68.5 Å². The molecule has 0 aromatic heterocycles. The number of esters is 1. The molecule has 0 saturated carbocycles.